The zero-order chi connectivity index (χ0) is 30.7. The van der Waals surface area contributed by atoms with Crippen LogP contribution in [0.4, 0.5) is 14.6 Å². The molecule has 0 radical (unpaired) electrons. The average molecular weight is 619 g/mol. The van der Waals surface area contributed by atoms with Gasteiger partial charge >= 0.3 is 6.01 Å². The first-order valence-electron chi connectivity index (χ1n) is 15.1. The van der Waals surface area contributed by atoms with Crippen molar-refractivity contribution in [2.45, 2.75) is 43.4 Å². The van der Waals surface area contributed by atoms with Gasteiger partial charge < -0.3 is 19.4 Å². The van der Waals surface area contributed by atoms with Crippen LogP contribution in [-0.4, -0.2) is 90.3 Å². The second-order valence-electron chi connectivity index (χ2n) is 12.4. The predicted molar refractivity (Wildman–Crippen MR) is 165 cm³/mol. The summed E-state index contributed by atoms with van der Waals surface area (Å²) < 4.78 is 36.9. The summed E-state index contributed by atoms with van der Waals surface area (Å²) in [5, 5.41) is 0.693. The molecule has 0 N–H and O–H groups in total. The van der Waals surface area contributed by atoms with E-state index in [-0.39, 0.29) is 41.7 Å². The molecule has 1 aromatic heterocycles. The molecule has 228 valence electrons. The molecule has 2 unspecified atom stereocenters. The van der Waals surface area contributed by atoms with E-state index in [1.807, 2.05) is 29.0 Å². The molecule has 5 atom stereocenters. The van der Waals surface area contributed by atoms with Crippen LogP contribution in [0.15, 0.2) is 36.9 Å². The summed E-state index contributed by atoms with van der Waals surface area (Å²) in [5.41, 5.74) is 3.63. The van der Waals surface area contributed by atoms with E-state index in [9.17, 15) is 9.18 Å². The van der Waals surface area contributed by atoms with Crippen LogP contribution < -0.4 is 9.64 Å². The number of likely N-dealkylation sites (N-methyl/N-ethyl adjacent to an activating group) is 1. The number of alkyl halides is 1. The molecule has 1 amide bonds. The van der Waals surface area contributed by atoms with Gasteiger partial charge in [-0.05, 0) is 67.0 Å². The molecule has 3 heterocycles. The van der Waals surface area contributed by atoms with Gasteiger partial charge in [-0.3, -0.25) is 9.69 Å². The van der Waals surface area contributed by atoms with Crippen LogP contribution in [0.2, 0.25) is 5.02 Å². The summed E-state index contributed by atoms with van der Waals surface area (Å²) in [6.07, 6.45) is 2.77. The fraction of sp³-hybridized carbons (Fsp3) is 0.455. The Morgan fingerprint density at radius 2 is 2.09 bits per heavy atom. The number of hydrogen-bond acceptors (Lipinski definition) is 6. The van der Waals surface area contributed by atoms with E-state index in [0.29, 0.717) is 61.2 Å². The molecule has 1 saturated carbocycles. The molecule has 8 nitrogen and oxygen atoms in total. The number of anilines is 1. The van der Waals surface area contributed by atoms with Crippen molar-refractivity contribution in [3.63, 3.8) is 0 Å². The highest BCUT2D eigenvalue weighted by Gasteiger charge is 2.46. The van der Waals surface area contributed by atoms with Crippen LogP contribution in [0, 0.1) is 18.3 Å². The second-order valence-corrected chi connectivity index (χ2v) is 12.8. The van der Waals surface area contributed by atoms with E-state index in [1.165, 1.54) is 17.2 Å². The molecule has 3 aromatic rings. The molecule has 2 aliphatic carbocycles. The van der Waals surface area contributed by atoms with Crippen LogP contribution in [0.3, 0.4) is 0 Å². The average Bonchev–Trinajstić information content (AvgIpc) is 3.55. The van der Waals surface area contributed by atoms with Gasteiger partial charge in [0.1, 0.15) is 30.2 Å². The number of amides is 1. The van der Waals surface area contributed by atoms with E-state index >= 15 is 4.39 Å². The number of likely N-dealkylation sites (tertiary alicyclic amines) is 1. The Morgan fingerprint density at radius 1 is 1.25 bits per heavy atom. The van der Waals surface area contributed by atoms with Crippen molar-refractivity contribution in [1.29, 1.82) is 0 Å². The molecule has 3 fully saturated rings. The van der Waals surface area contributed by atoms with Gasteiger partial charge in [0.05, 0.1) is 5.02 Å². The van der Waals surface area contributed by atoms with Crippen molar-refractivity contribution in [3.05, 3.63) is 70.3 Å². The zero-order valence-electron chi connectivity index (χ0n) is 24.5. The van der Waals surface area contributed by atoms with Crippen molar-refractivity contribution >= 4 is 34.2 Å². The van der Waals surface area contributed by atoms with Crippen LogP contribution in [0.1, 0.15) is 29.9 Å². The van der Waals surface area contributed by atoms with Crippen LogP contribution in [-0.2, 0) is 11.2 Å². The maximum atomic E-state index is 16.8. The maximum Gasteiger partial charge on any atom is 0.319 e. The number of rotatable bonds is 7. The molecule has 11 heteroatoms. The Labute approximate surface area is 260 Å². The Bertz CT molecular complexity index is 1710. The second kappa shape index (κ2) is 11.3. The normalized spacial score (nSPS) is 25.9. The van der Waals surface area contributed by atoms with Gasteiger partial charge in [0.15, 0.2) is 5.82 Å². The van der Waals surface area contributed by atoms with Crippen molar-refractivity contribution in [2.24, 2.45) is 5.92 Å². The maximum absolute atomic E-state index is 16.8. The number of hydrogen-bond donors (Lipinski definition) is 0. The van der Waals surface area contributed by atoms with Gasteiger partial charge in [0.25, 0.3) is 0 Å². The van der Waals surface area contributed by atoms with E-state index in [1.54, 1.807) is 11.0 Å². The van der Waals surface area contributed by atoms with Crippen molar-refractivity contribution in [3.8, 4) is 17.1 Å². The smallest absolute Gasteiger partial charge is 0.319 e. The Balaban J connectivity index is 1.32. The third-order valence-corrected chi connectivity index (χ3v) is 9.97. The van der Waals surface area contributed by atoms with Crippen molar-refractivity contribution in [1.82, 2.24) is 19.8 Å². The number of fused-ring (bicyclic) bond motifs is 4. The summed E-state index contributed by atoms with van der Waals surface area (Å²) in [6.45, 7) is 12.7. The number of piperazine rings is 1. The highest BCUT2D eigenvalue weighted by Crippen LogP contribution is 2.59. The lowest BCUT2D eigenvalue weighted by Gasteiger charge is -2.39. The van der Waals surface area contributed by atoms with Gasteiger partial charge in [-0.1, -0.05) is 36.4 Å². The van der Waals surface area contributed by atoms with Gasteiger partial charge in [0.2, 0.25) is 12.5 Å². The first-order chi connectivity index (χ1) is 21.3. The number of aromatic nitrogens is 2. The Kier molecular flexibility index (Phi) is 7.42. The molecule has 2 aromatic carbocycles. The minimum Gasteiger partial charge on any atom is -0.462 e. The predicted octanol–water partition coefficient (Wildman–Crippen LogP) is 5.29. The quantitative estimate of drug-likeness (QED) is 0.265. The molecule has 0 spiro atoms. The summed E-state index contributed by atoms with van der Waals surface area (Å²) in [4.78, 5) is 30.9. The third-order valence-electron chi connectivity index (χ3n) is 9.67. The monoisotopic (exact) mass is 618 g/mol. The largest absolute Gasteiger partial charge is 0.462 e. The van der Waals surface area contributed by atoms with Crippen molar-refractivity contribution < 1.29 is 18.3 Å². The molecule has 44 heavy (non-hydrogen) atoms. The summed E-state index contributed by atoms with van der Waals surface area (Å²) in [6, 6.07) is 7.14. The first-order valence-corrected chi connectivity index (χ1v) is 15.4. The zero-order valence-corrected chi connectivity index (χ0v) is 25.2. The lowest BCUT2D eigenvalue weighted by Crippen LogP contribution is -2.56. The van der Waals surface area contributed by atoms with Crippen LogP contribution >= 0.6 is 11.6 Å². The molecule has 2 saturated heterocycles. The molecule has 4 aliphatic rings. The van der Waals surface area contributed by atoms with Gasteiger partial charge in [-0.2, -0.15) is 9.97 Å². The number of nitrogens with zero attached hydrogens (tertiary/aromatic N) is 6. The first kappa shape index (κ1) is 28.9. The highest BCUT2D eigenvalue weighted by molar-refractivity contribution is 6.34. The molecule has 2 aliphatic heterocycles. The lowest BCUT2D eigenvalue weighted by atomic mass is 9.93. The third kappa shape index (κ3) is 4.96. The fourth-order valence-electron chi connectivity index (χ4n) is 7.36. The molecular weight excluding hydrogens is 586 g/mol. The van der Waals surface area contributed by atoms with Gasteiger partial charge in [0, 0.05) is 43.2 Å². The minimum absolute atomic E-state index is 0.0118. The molecular formula is C33H33ClF2N6O2. The van der Waals surface area contributed by atoms with Crippen LogP contribution in [0.25, 0.3) is 26.9 Å². The van der Waals surface area contributed by atoms with E-state index in [0.717, 1.165) is 18.4 Å². The standard InChI is InChI=1S/C33H33ClF2N6O2/c1-4-27(43)42-9-8-41(16-22(42)14-37-2)32-25-13-26(34)29(23-7-5-6-18-10-19-11-24(19)28(18)23)30(36)31(25)38-33(39-32)44-17-21-12-20(35)15-40(21)3/h4-7,13,19-22,24H,1,8-12,14-17H2,3H3/t19?,20-,21+,22+,24?/m1/s1. The molecule has 7 rings (SSSR count). The SMILES string of the molecule is [C-]#[N+]C[C@H]1CN(c2nc(OC[C@@H]3C[C@@H](F)CN3C)nc3c(F)c(-c4cccc5c4C4CC4C5)c(Cl)cc23)CCN1C(=O)C=C. The van der Waals surface area contributed by atoms with E-state index in [2.05, 4.69) is 22.5 Å². The topological polar surface area (TPSA) is 66.2 Å². The fourth-order valence-corrected chi connectivity index (χ4v) is 7.66. The van der Waals surface area contributed by atoms with Gasteiger partial charge in [-0.15, -0.1) is 0 Å². The van der Waals surface area contributed by atoms with Crippen molar-refractivity contribution in [2.75, 3.05) is 51.3 Å². The Hall–Kier alpha value is -3.81. The summed E-state index contributed by atoms with van der Waals surface area (Å²) in [7, 11) is 1.85. The summed E-state index contributed by atoms with van der Waals surface area (Å²) in [5.74, 6) is 0.688. The summed E-state index contributed by atoms with van der Waals surface area (Å²) >= 11 is 6.91. The highest BCUT2D eigenvalue weighted by atomic mass is 35.5. The Morgan fingerprint density at radius 3 is 2.84 bits per heavy atom. The lowest BCUT2D eigenvalue weighted by molar-refractivity contribution is -0.128. The number of benzene rings is 2. The number of carbonyl (C=O) groups is 1. The number of carbonyl (C=O) groups excluding carboxylic acids is 1. The molecule has 0 bridgehead atoms. The van der Waals surface area contributed by atoms with Crippen LogP contribution in [0.5, 0.6) is 6.01 Å². The van der Waals surface area contributed by atoms with Gasteiger partial charge in [-0.25, -0.2) is 15.4 Å². The number of halogens is 3. The minimum atomic E-state index is -0.934. The number of ether oxygens (including phenoxy) is 1. The van der Waals surface area contributed by atoms with E-state index in [4.69, 9.17) is 27.9 Å². The van der Waals surface area contributed by atoms with E-state index < -0.39 is 18.0 Å².